The first-order valence-electron chi connectivity index (χ1n) is 7.43. The summed E-state index contributed by atoms with van der Waals surface area (Å²) in [6.45, 7) is 13.2. The zero-order valence-corrected chi connectivity index (χ0v) is 11.8. The Kier molecular flexibility index (Phi) is 4.83. The van der Waals surface area contributed by atoms with E-state index in [1.54, 1.807) is 0 Å². The second-order valence-electron chi connectivity index (χ2n) is 5.89. The largest absolute Gasteiger partial charge is 0.315 e. The van der Waals surface area contributed by atoms with Crippen molar-refractivity contribution >= 4 is 0 Å². The Morgan fingerprint density at radius 3 is 2.94 bits per heavy atom. The topological polar surface area (TPSA) is 18.5 Å². The van der Waals surface area contributed by atoms with Crippen LogP contribution in [0.25, 0.3) is 0 Å². The maximum absolute atomic E-state index is 3.56. The molecule has 17 heavy (non-hydrogen) atoms. The fraction of sp³-hybridized carbons (Fsp3) is 1.00. The summed E-state index contributed by atoms with van der Waals surface area (Å²) < 4.78 is 0. The average Bonchev–Trinajstić information content (AvgIpc) is 2.75. The fourth-order valence-corrected chi connectivity index (χ4v) is 3.43. The summed E-state index contributed by atoms with van der Waals surface area (Å²) in [5.41, 5.74) is 0. The van der Waals surface area contributed by atoms with Crippen molar-refractivity contribution in [1.29, 1.82) is 0 Å². The van der Waals surface area contributed by atoms with Crippen molar-refractivity contribution in [3.8, 4) is 0 Å². The Hall–Kier alpha value is -0.120. The third-order valence-corrected chi connectivity index (χ3v) is 4.42. The van der Waals surface area contributed by atoms with Gasteiger partial charge < -0.3 is 5.32 Å². The van der Waals surface area contributed by atoms with E-state index < -0.39 is 0 Å². The Balaban J connectivity index is 1.82. The minimum Gasteiger partial charge on any atom is -0.315 e. The monoisotopic (exact) mass is 239 g/mol. The van der Waals surface area contributed by atoms with Gasteiger partial charge in [-0.05, 0) is 46.2 Å². The van der Waals surface area contributed by atoms with Gasteiger partial charge in [0.05, 0.1) is 0 Å². The predicted molar refractivity (Wildman–Crippen MR) is 73.4 cm³/mol. The summed E-state index contributed by atoms with van der Waals surface area (Å²) >= 11 is 0. The molecule has 0 radical (unpaired) electrons. The molecule has 0 aliphatic carbocycles. The zero-order chi connectivity index (χ0) is 12.3. The van der Waals surface area contributed by atoms with Gasteiger partial charge >= 0.3 is 0 Å². The normalized spacial score (nSPS) is 32.6. The van der Waals surface area contributed by atoms with E-state index in [9.17, 15) is 0 Å². The van der Waals surface area contributed by atoms with Gasteiger partial charge in [0.25, 0.3) is 0 Å². The maximum atomic E-state index is 3.56. The van der Waals surface area contributed by atoms with Gasteiger partial charge in [-0.15, -0.1) is 0 Å². The summed E-state index contributed by atoms with van der Waals surface area (Å²) in [6.07, 6.45) is 4.06. The highest BCUT2D eigenvalue weighted by molar-refractivity contribution is 4.92. The van der Waals surface area contributed by atoms with Crippen molar-refractivity contribution in [3.63, 3.8) is 0 Å². The maximum Gasteiger partial charge on any atom is 0.0224 e. The van der Waals surface area contributed by atoms with Gasteiger partial charge in [0.2, 0.25) is 0 Å². The summed E-state index contributed by atoms with van der Waals surface area (Å²) in [5, 5.41) is 3.56. The van der Waals surface area contributed by atoms with Gasteiger partial charge in [-0.2, -0.15) is 0 Å². The van der Waals surface area contributed by atoms with E-state index in [0.29, 0.717) is 6.04 Å². The van der Waals surface area contributed by atoms with E-state index in [-0.39, 0.29) is 0 Å². The molecule has 0 aromatic heterocycles. The van der Waals surface area contributed by atoms with Crippen LogP contribution in [0.5, 0.6) is 0 Å². The molecule has 3 unspecified atom stereocenters. The predicted octanol–water partition coefficient (Wildman–Crippen LogP) is 1.54. The van der Waals surface area contributed by atoms with Crippen LogP contribution in [-0.2, 0) is 0 Å². The highest BCUT2D eigenvalue weighted by Gasteiger charge is 2.35. The molecule has 3 nitrogen and oxygen atoms in total. The second-order valence-corrected chi connectivity index (χ2v) is 5.89. The van der Waals surface area contributed by atoms with Crippen molar-refractivity contribution < 1.29 is 0 Å². The molecule has 3 atom stereocenters. The molecule has 0 aromatic carbocycles. The standard InChI is InChI=1S/C14H29N3/c1-4-7-15-9-12(2)17-11-14-6-5-8-16(14)10-13(17)3/h12-15H,4-11H2,1-3H3. The molecule has 100 valence electrons. The number of rotatable bonds is 5. The highest BCUT2D eigenvalue weighted by Crippen LogP contribution is 2.25. The number of fused-ring (bicyclic) bond motifs is 1. The zero-order valence-electron chi connectivity index (χ0n) is 11.8. The molecule has 3 heteroatoms. The molecule has 2 fully saturated rings. The lowest BCUT2D eigenvalue weighted by molar-refractivity contribution is 0.0332. The molecule has 0 bridgehead atoms. The third kappa shape index (κ3) is 3.21. The third-order valence-electron chi connectivity index (χ3n) is 4.42. The van der Waals surface area contributed by atoms with Crippen LogP contribution >= 0.6 is 0 Å². The molecule has 0 spiro atoms. The lowest BCUT2D eigenvalue weighted by atomic mass is 10.1. The number of piperazine rings is 1. The van der Waals surface area contributed by atoms with E-state index in [1.165, 1.54) is 38.9 Å². The van der Waals surface area contributed by atoms with E-state index in [0.717, 1.165) is 25.2 Å². The molecular weight excluding hydrogens is 210 g/mol. The Morgan fingerprint density at radius 2 is 2.18 bits per heavy atom. The van der Waals surface area contributed by atoms with Crippen molar-refractivity contribution in [3.05, 3.63) is 0 Å². The highest BCUT2D eigenvalue weighted by atomic mass is 15.3. The van der Waals surface area contributed by atoms with Crippen molar-refractivity contribution in [2.24, 2.45) is 0 Å². The van der Waals surface area contributed by atoms with Crippen LogP contribution in [0.1, 0.15) is 40.0 Å². The summed E-state index contributed by atoms with van der Waals surface area (Å²) in [6, 6.07) is 2.25. The van der Waals surface area contributed by atoms with Gasteiger partial charge in [-0.1, -0.05) is 6.92 Å². The number of nitrogens with zero attached hydrogens (tertiary/aromatic N) is 2. The molecule has 2 aliphatic rings. The van der Waals surface area contributed by atoms with Crippen LogP contribution in [0.15, 0.2) is 0 Å². The van der Waals surface area contributed by atoms with Gasteiger partial charge in [-0.3, -0.25) is 9.80 Å². The molecule has 0 aromatic rings. The summed E-state index contributed by atoms with van der Waals surface area (Å²) in [7, 11) is 0. The van der Waals surface area contributed by atoms with Crippen LogP contribution in [0, 0.1) is 0 Å². The molecule has 0 amide bonds. The summed E-state index contributed by atoms with van der Waals surface area (Å²) in [4.78, 5) is 5.42. The minimum absolute atomic E-state index is 0.680. The smallest absolute Gasteiger partial charge is 0.0224 e. The van der Waals surface area contributed by atoms with E-state index in [1.807, 2.05) is 0 Å². The van der Waals surface area contributed by atoms with Gasteiger partial charge in [0.15, 0.2) is 0 Å². The van der Waals surface area contributed by atoms with Crippen LogP contribution in [-0.4, -0.2) is 60.6 Å². The first-order valence-corrected chi connectivity index (χ1v) is 7.43. The van der Waals surface area contributed by atoms with Gasteiger partial charge in [0, 0.05) is 37.8 Å². The molecule has 1 N–H and O–H groups in total. The first kappa shape index (κ1) is 13.3. The van der Waals surface area contributed by atoms with E-state index in [4.69, 9.17) is 0 Å². The SMILES string of the molecule is CCCNCC(C)N1CC2CCCN2CC1C. The lowest BCUT2D eigenvalue weighted by Crippen LogP contribution is -2.59. The van der Waals surface area contributed by atoms with Crippen LogP contribution in [0.2, 0.25) is 0 Å². The van der Waals surface area contributed by atoms with Crippen molar-refractivity contribution in [1.82, 2.24) is 15.1 Å². The van der Waals surface area contributed by atoms with E-state index in [2.05, 4.69) is 35.9 Å². The molecular formula is C14H29N3. The lowest BCUT2D eigenvalue weighted by Gasteiger charge is -2.45. The molecule has 2 heterocycles. The fourth-order valence-electron chi connectivity index (χ4n) is 3.43. The van der Waals surface area contributed by atoms with Crippen LogP contribution < -0.4 is 5.32 Å². The quantitative estimate of drug-likeness (QED) is 0.734. The van der Waals surface area contributed by atoms with Crippen LogP contribution in [0.3, 0.4) is 0 Å². The second kappa shape index (κ2) is 6.17. The molecule has 0 saturated carbocycles. The number of nitrogens with one attached hydrogen (secondary N) is 1. The summed E-state index contributed by atoms with van der Waals surface area (Å²) in [5.74, 6) is 0. The average molecular weight is 239 g/mol. The minimum atomic E-state index is 0.680. The molecule has 2 rings (SSSR count). The first-order chi connectivity index (χ1) is 8.22. The van der Waals surface area contributed by atoms with Crippen molar-refractivity contribution in [2.45, 2.75) is 58.2 Å². The Bertz CT molecular complexity index is 232. The van der Waals surface area contributed by atoms with Gasteiger partial charge in [-0.25, -0.2) is 0 Å². The van der Waals surface area contributed by atoms with Gasteiger partial charge in [0.1, 0.15) is 0 Å². The number of hydrogen-bond acceptors (Lipinski definition) is 3. The molecule has 2 aliphatic heterocycles. The van der Waals surface area contributed by atoms with E-state index >= 15 is 0 Å². The Labute approximate surface area is 107 Å². The molecule has 2 saturated heterocycles. The number of hydrogen-bond donors (Lipinski definition) is 1. The van der Waals surface area contributed by atoms with Crippen molar-refractivity contribution in [2.75, 3.05) is 32.7 Å². The van der Waals surface area contributed by atoms with Crippen LogP contribution in [0.4, 0.5) is 0 Å². The Morgan fingerprint density at radius 1 is 1.35 bits per heavy atom.